The van der Waals surface area contributed by atoms with Crippen LogP contribution in [0.5, 0.6) is 0 Å². The number of aromatic amines is 1. The predicted molar refractivity (Wildman–Crippen MR) is 81.2 cm³/mol. The smallest absolute Gasteiger partial charge is 0.0650 e. The molecule has 0 aliphatic carbocycles. The van der Waals surface area contributed by atoms with Crippen molar-refractivity contribution in [3.8, 4) is 11.3 Å². The van der Waals surface area contributed by atoms with Crippen molar-refractivity contribution >= 4 is 11.8 Å². The normalized spacial score (nSPS) is 22.8. The van der Waals surface area contributed by atoms with Crippen LogP contribution in [0, 0.1) is 0 Å². The Morgan fingerprint density at radius 1 is 1.32 bits per heavy atom. The minimum atomic E-state index is 0.664. The lowest BCUT2D eigenvalue weighted by atomic mass is 10.1. The van der Waals surface area contributed by atoms with Gasteiger partial charge < -0.3 is 5.32 Å². The molecule has 100 valence electrons. The van der Waals surface area contributed by atoms with Gasteiger partial charge in [-0.1, -0.05) is 31.2 Å². The molecule has 19 heavy (non-hydrogen) atoms. The molecule has 1 aromatic carbocycles. The summed E-state index contributed by atoms with van der Waals surface area (Å²) in [6.45, 7) is 3.27. The highest BCUT2D eigenvalue weighted by Gasteiger charge is 2.22. The van der Waals surface area contributed by atoms with Gasteiger partial charge in [-0.3, -0.25) is 5.10 Å². The van der Waals surface area contributed by atoms with Crippen LogP contribution in [0.3, 0.4) is 0 Å². The van der Waals surface area contributed by atoms with Crippen LogP contribution in [-0.4, -0.2) is 27.2 Å². The zero-order valence-electron chi connectivity index (χ0n) is 11.1. The van der Waals surface area contributed by atoms with Gasteiger partial charge in [-0.05, 0) is 29.4 Å². The summed E-state index contributed by atoms with van der Waals surface area (Å²) >= 11 is 2.07. The maximum Gasteiger partial charge on any atom is 0.0650 e. The van der Waals surface area contributed by atoms with Crippen molar-refractivity contribution in [2.24, 2.45) is 0 Å². The molecular weight excluding hydrogens is 254 g/mol. The first-order valence-corrected chi connectivity index (χ1v) is 7.81. The van der Waals surface area contributed by atoms with Crippen LogP contribution in [0.15, 0.2) is 36.5 Å². The van der Waals surface area contributed by atoms with Crippen LogP contribution >= 0.6 is 11.8 Å². The standard InChI is InChI=1S/C15H19N3S/c1-11-14(7-9-19-11)16-10-12-2-4-13(5-3-12)15-6-8-17-18-15/h2-6,8,11,14,16H,7,9-10H2,1H3,(H,17,18). The van der Waals surface area contributed by atoms with Gasteiger partial charge in [0.15, 0.2) is 0 Å². The largest absolute Gasteiger partial charge is 0.309 e. The summed E-state index contributed by atoms with van der Waals surface area (Å²) in [5.74, 6) is 1.29. The Morgan fingerprint density at radius 3 is 2.79 bits per heavy atom. The lowest BCUT2D eigenvalue weighted by molar-refractivity contribution is 0.513. The molecule has 0 radical (unpaired) electrons. The van der Waals surface area contributed by atoms with Gasteiger partial charge in [0.2, 0.25) is 0 Å². The van der Waals surface area contributed by atoms with E-state index in [-0.39, 0.29) is 0 Å². The maximum absolute atomic E-state index is 3.98. The Morgan fingerprint density at radius 2 is 2.16 bits per heavy atom. The van der Waals surface area contributed by atoms with Gasteiger partial charge >= 0.3 is 0 Å². The molecule has 1 aliphatic heterocycles. The number of benzene rings is 1. The van der Waals surface area contributed by atoms with Crippen LogP contribution in [0.2, 0.25) is 0 Å². The molecule has 1 fully saturated rings. The number of aromatic nitrogens is 2. The van der Waals surface area contributed by atoms with Gasteiger partial charge in [-0.15, -0.1) is 0 Å². The SMILES string of the molecule is CC1SCCC1NCc1ccc(-c2ccn[nH]2)cc1. The van der Waals surface area contributed by atoms with Crippen molar-refractivity contribution in [2.45, 2.75) is 31.2 Å². The van der Waals surface area contributed by atoms with Crippen LogP contribution in [0.25, 0.3) is 11.3 Å². The van der Waals surface area contributed by atoms with Gasteiger partial charge in [0, 0.05) is 24.0 Å². The highest BCUT2D eigenvalue weighted by atomic mass is 32.2. The third kappa shape index (κ3) is 3.01. The van der Waals surface area contributed by atoms with Crippen molar-refractivity contribution in [3.63, 3.8) is 0 Å². The molecule has 0 amide bonds. The number of hydrogen-bond acceptors (Lipinski definition) is 3. The predicted octanol–water partition coefficient (Wildman–Crippen LogP) is 3.06. The number of nitrogens with zero attached hydrogens (tertiary/aromatic N) is 1. The van der Waals surface area contributed by atoms with Gasteiger partial charge in [-0.25, -0.2) is 0 Å². The molecule has 1 aromatic heterocycles. The summed E-state index contributed by atoms with van der Waals surface area (Å²) in [5.41, 5.74) is 3.60. The van der Waals surface area contributed by atoms with E-state index >= 15 is 0 Å². The Bertz CT molecular complexity index is 507. The van der Waals surface area contributed by atoms with Gasteiger partial charge in [0.05, 0.1) is 5.69 Å². The molecule has 2 N–H and O–H groups in total. The van der Waals surface area contributed by atoms with Crippen LogP contribution in [0.4, 0.5) is 0 Å². The Labute approximate surface area is 118 Å². The van der Waals surface area contributed by atoms with Gasteiger partial charge in [0.1, 0.15) is 0 Å². The molecule has 1 saturated heterocycles. The summed E-state index contributed by atoms with van der Waals surface area (Å²) in [5, 5.41) is 11.4. The van der Waals surface area contributed by atoms with E-state index in [4.69, 9.17) is 0 Å². The van der Waals surface area contributed by atoms with E-state index in [1.54, 1.807) is 6.20 Å². The third-order valence-corrected chi connectivity index (χ3v) is 5.04. The van der Waals surface area contributed by atoms with Crippen LogP contribution in [-0.2, 0) is 6.54 Å². The fraction of sp³-hybridized carbons (Fsp3) is 0.400. The second-order valence-corrected chi connectivity index (χ2v) is 6.50. The van der Waals surface area contributed by atoms with Crippen molar-refractivity contribution in [1.29, 1.82) is 0 Å². The van der Waals surface area contributed by atoms with Crippen molar-refractivity contribution in [1.82, 2.24) is 15.5 Å². The van der Waals surface area contributed by atoms with Crippen molar-refractivity contribution in [3.05, 3.63) is 42.1 Å². The fourth-order valence-corrected chi connectivity index (χ4v) is 3.69. The molecule has 0 saturated carbocycles. The van der Waals surface area contributed by atoms with Gasteiger partial charge in [0.25, 0.3) is 0 Å². The van der Waals surface area contributed by atoms with Crippen molar-refractivity contribution < 1.29 is 0 Å². The molecule has 3 nitrogen and oxygen atoms in total. The number of hydrogen-bond donors (Lipinski definition) is 2. The van der Waals surface area contributed by atoms with Crippen LogP contribution < -0.4 is 5.32 Å². The Hall–Kier alpha value is -1.26. The molecule has 2 unspecified atom stereocenters. The number of H-pyrrole nitrogens is 1. The van der Waals surface area contributed by atoms with E-state index in [9.17, 15) is 0 Å². The second kappa shape index (κ2) is 5.80. The second-order valence-electron chi connectivity index (χ2n) is 5.02. The first-order valence-electron chi connectivity index (χ1n) is 6.76. The highest BCUT2D eigenvalue weighted by Crippen LogP contribution is 2.26. The summed E-state index contributed by atoms with van der Waals surface area (Å²) in [6, 6.07) is 11.3. The summed E-state index contributed by atoms with van der Waals surface area (Å²) in [4.78, 5) is 0. The summed E-state index contributed by atoms with van der Waals surface area (Å²) in [7, 11) is 0. The molecule has 2 heterocycles. The minimum Gasteiger partial charge on any atom is -0.309 e. The molecule has 2 aromatic rings. The average molecular weight is 273 g/mol. The third-order valence-electron chi connectivity index (χ3n) is 3.71. The molecule has 4 heteroatoms. The number of thioether (sulfide) groups is 1. The number of nitrogens with one attached hydrogen (secondary N) is 2. The van der Waals surface area contributed by atoms with E-state index < -0.39 is 0 Å². The highest BCUT2D eigenvalue weighted by molar-refractivity contribution is 8.00. The topological polar surface area (TPSA) is 40.7 Å². The first kappa shape index (κ1) is 12.8. The maximum atomic E-state index is 3.98. The zero-order chi connectivity index (χ0) is 13.1. The summed E-state index contributed by atoms with van der Waals surface area (Å²) in [6.07, 6.45) is 3.07. The van der Waals surface area contributed by atoms with Gasteiger partial charge in [-0.2, -0.15) is 16.9 Å². The van der Waals surface area contributed by atoms with E-state index in [2.05, 4.69) is 58.5 Å². The molecule has 3 rings (SSSR count). The Balaban J connectivity index is 1.60. The average Bonchev–Trinajstić information content (AvgIpc) is 3.09. The van der Waals surface area contributed by atoms with E-state index in [0.717, 1.165) is 17.5 Å². The Kier molecular flexibility index (Phi) is 3.89. The molecular formula is C15H19N3S. The molecule has 0 spiro atoms. The first-order chi connectivity index (χ1) is 9.33. The monoisotopic (exact) mass is 273 g/mol. The number of rotatable bonds is 4. The lowest BCUT2D eigenvalue weighted by Crippen LogP contribution is -2.32. The minimum absolute atomic E-state index is 0.664. The quantitative estimate of drug-likeness (QED) is 0.899. The van der Waals surface area contributed by atoms with Crippen LogP contribution in [0.1, 0.15) is 18.9 Å². The lowest BCUT2D eigenvalue weighted by Gasteiger charge is -2.16. The van der Waals surface area contributed by atoms with E-state index in [1.165, 1.54) is 23.3 Å². The molecule has 2 atom stereocenters. The van der Waals surface area contributed by atoms with E-state index in [0.29, 0.717) is 6.04 Å². The molecule has 0 bridgehead atoms. The zero-order valence-corrected chi connectivity index (χ0v) is 11.9. The van der Waals surface area contributed by atoms with Crippen molar-refractivity contribution in [2.75, 3.05) is 5.75 Å². The van der Waals surface area contributed by atoms with E-state index in [1.807, 2.05) is 6.07 Å². The fourth-order valence-electron chi connectivity index (χ4n) is 2.47. The summed E-state index contributed by atoms with van der Waals surface area (Å²) < 4.78 is 0. The molecule has 1 aliphatic rings.